The molecule has 0 aromatic heterocycles. The highest BCUT2D eigenvalue weighted by Crippen LogP contribution is 2.38. The topological polar surface area (TPSA) is 58.6 Å². The summed E-state index contributed by atoms with van der Waals surface area (Å²) in [5, 5.41) is 2.69. The van der Waals surface area contributed by atoms with Gasteiger partial charge in [0.1, 0.15) is 18.2 Å². The Labute approximate surface area is 174 Å². The largest absolute Gasteiger partial charge is 0.490 e. The number of carbonyl (C=O) groups is 2. The standard InChI is InChI=1S/C22H24ClFN2O3/c1-13(2)11-26-17-10-14(8-9-18(17)29-12-22(3,4)21(26)28)25-20(27)19-15(23)6-5-7-16(19)24/h5-10,13H,11-12H2,1-4H3,(H,25,27). The second-order valence-corrected chi connectivity index (χ2v) is 8.62. The second-order valence-electron chi connectivity index (χ2n) is 8.22. The summed E-state index contributed by atoms with van der Waals surface area (Å²) in [7, 11) is 0. The van der Waals surface area contributed by atoms with Crippen molar-refractivity contribution >= 4 is 34.8 Å². The van der Waals surface area contributed by atoms with Gasteiger partial charge in [-0.05, 0) is 50.1 Å². The van der Waals surface area contributed by atoms with Gasteiger partial charge < -0.3 is 15.0 Å². The zero-order valence-electron chi connectivity index (χ0n) is 16.9. The van der Waals surface area contributed by atoms with Gasteiger partial charge in [0.15, 0.2) is 0 Å². The molecule has 1 heterocycles. The van der Waals surface area contributed by atoms with E-state index in [2.05, 4.69) is 5.32 Å². The number of anilines is 2. The van der Waals surface area contributed by atoms with Crippen molar-refractivity contribution < 1.29 is 18.7 Å². The van der Waals surface area contributed by atoms with E-state index >= 15 is 0 Å². The van der Waals surface area contributed by atoms with Crippen LogP contribution in [0.15, 0.2) is 36.4 Å². The summed E-state index contributed by atoms with van der Waals surface area (Å²) in [5.41, 5.74) is 0.0825. The maximum absolute atomic E-state index is 14.1. The number of nitrogens with one attached hydrogen (secondary N) is 1. The lowest BCUT2D eigenvalue weighted by molar-refractivity contribution is -0.127. The van der Waals surface area contributed by atoms with Crippen molar-refractivity contribution in [2.24, 2.45) is 11.3 Å². The molecule has 0 spiro atoms. The van der Waals surface area contributed by atoms with E-state index in [-0.39, 0.29) is 29.0 Å². The second kappa shape index (κ2) is 8.03. The average molecular weight is 419 g/mol. The third-order valence-corrected chi connectivity index (χ3v) is 4.97. The number of carbonyl (C=O) groups excluding carboxylic acids is 2. The third-order valence-electron chi connectivity index (χ3n) is 4.66. The Morgan fingerprint density at radius 3 is 2.69 bits per heavy atom. The first-order valence-electron chi connectivity index (χ1n) is 9.44. The number of benzene rings is 2. The van der Waals surface area contributed by atoms with Crippen LogP contribution in [0.3, 0.4) is 0 Å². The maximum Gasteiger partial charge on any atom is 0.260 e. The summed E-state index contributed by atoms with van der Waals surface area (Å²) >= 11 is 5.98. The van der Waals surface area contributed by atoms with Crippen LogP contribution in [-0.2, 0) is 4.79 Å². The molecule has 154 valence electrons. The maximum atomic E-state index is 14.1. The molecule has 1 aliphatic heterocycles. The highest BCUT2D eigenvalue weighted by molar-refractivity contribution is 6.34. The van der Waals surface area contributed by atoms with E-state index in [0.717, 1.165) is 0 Å². The quantitative estimate of drug-likeness (QED) is 0.747. The Bertz CT molecular complexity index is 939. The molecule has 0 aliphatic carbocycles. The minimum Gasteiger partial charge on any atom is -0.490 e. The summed E-state index contributed by atoms with van der Waals surface area (Å²) in [4.78, 5) is 27.4. The average Bonchev–Trinajstić information content (AvgIpc) is 2.72. The van der Waals surface area contributed by atoms with Gasteiger partial charge in [-0.3, -0.25) is 9.59 Å². The van der Waals surface area contributed by atoms with Crippen molar-refractivity contribution in [3.8, 4) is 5.75 Å². The molecule has 0 atom stereocenters. The molecule has 0 radical (unpaired) electrons. The Balaban J connectivity index is 1.97. The Morgan fingerprint density at radius 2 is 2.03 bits per heavy atom. The fraction of sp³-hybridized carbons (Fsp3) is 0.364. The number of amides is 2. The number of halogens is 2. The van der Waals surface area contributed by atoms with Gasteiger partial charge in [-0.25, -0.2) is 4.39 Å². The number of rotatable bonds is 4. The summed E-state index contributed by atoms with van der Waals surface area (Å²) in [6, 6.07) is 9.10. The first-order valence-corrected chi connectivity index (χ1v) is 9.82. The highest BCUT2D eigenvalue weighted by Gasteiger charge is 2.38. The summed E-state index contributed by atoms with van der Waals surface area (Å²) in [6.07, 6.45) is 0. The van der Waals surface area contributed by atoms with Gasteiger partial charge in [-0.2, -0.15) is 0 Å². The molecule has 0 unspecified atom stereocenters. The predicted molar refractivity (Wildman–Crippen MR) is 112 cm³/mol. The fourth-order valence-corrected chi connectivity index (χ4v) is 3.43. The first-order chi connectivity index (χ1) is 13.6. The molecule has 0 bridgehead atoms. The van der Waals surface area contributed by atoms with Crippen LogP contribution in [0.2, 0.25) is 5.02 Å². The molecule has 7 heteroatoms. The summed E-state index contributed by atoms with van der Waals surface area (Å²) in [5.74, 6) is -0.621. The van der Waals surface area contributed by atoms with Crippen LogP contribution in [0.25, 0.3) is 0 Å². The van der Waals surface area contributed by atoms with Crippen molar-refractivity contribution in [3.05, 3.63) is 52.8 Å². The molecule has 2 amide bonds. The van der Waals surface area contributed by atoms with Crippen LogP contribution in [0.4, 0.5) is 15.8 Å². The molecular formula is C22H24ClFN2O3. The number of hydrogen-bond donors (Lipinski definition) is 1. The number of fused-ring (bicyclic) bond motifs is 1. The number of hydrogen-bond acceptors (Lipinski definition) is 3. The van der Waals surface area contributed by atoms with Crippen LogP contribution in [-0.4, -0.2) is 25.0 Å². The van der Waals surface area contributed by atoms with Gasteiger partial charge in [0.2, 0.25) is 5.91 Å². The van der Waals surface area contributed by atoms with E-state index in [4.69, 9.17) is 16.3 Å². The van der Waals surface area contributed by atoms with Gasteiger partial charge in [0.05, 0.1) is 21.7 Å². The van der Waals surface area contributed by atoms with Gasteiger partial charge in [0, 0.05) is 12.2 Å². The van der Waals surface area contributed by atoms with Gasteiger partial charge in [0.25, 0.3) is 5.91 Å². The first kappa shape index (κ1) is 21.1. The number of ether oxygens (including phenoxy) is 1. The van der Waals surface area contributed by atoms with E-state index < -0.39 is 17.1 Å². The van der Waals surface area contributed by atoms with E-state index in [1.54, 1.807) is 23.1 Å². The molecule has 0 saturated carbocycles. The van der Waals surface area contributed by atoms with Crippen molar-refractivity contribution in [2.75, 3.05) is 23.4 Å². The SMILES string of the molecule is CC(C)CN1C(=O)C(C)(C)COc2ccc(NC(=O)c3c(F)cccc3Cl)cc21. The molecule has 1 aliphatic rings. The smallest absolute Gasteiger partial charge is 0.260 e. The summed E-state index contributed by atoms with van der Waals surface area (Å²) < 4.78 is 19.9. The molecule has 1 N–H and O–H groups in total. The lowest BCUT2D eigenvalue weighted by Gasteiger charge is -2.29. The molecule has 2 aromatic rings. The minimum absolute atomic E-state index is 0.0268. The predicted octanol–water partition coefficient (Wildman–Crippen LogP) is 5.14. The van der Waals surface area contributed by atoms with Crippen molar-refractivity contribution in [2.45, 2.75) is 27.7 Å². The molecular weight excluding hydrogens is 395 g/mol. The number of nitrogens with zero attached hydrogens (tertiary/aromatic N) is 1. The van der Waals surface area contributed by atoms with E-state index in [9.17, 15) is 14.0 Å². The zero-order valence-corrected chi connectivity index (χ0v) is 17.6. The summed E-state index contributed by atoms with van der Waals surface area (Å²) in [6.45, 7) is 8.50. The molecule has 2 aromatic carbocycles. The van der Waals surface area contributed by atoms with E-state index in [1.807, 2.05) is 27.7 Å². The lowest BCUT2D eigenvalue weighted by Crippen LogP contribution is -2.43. The van der Waals surface area contributed by atoms with Crippen LogP contribution < -0.4 is 15.0 Å². The normalized spacial score (nSPS) is 15.6. The van der Waals surface area contributed by atoms with Crippen LogP contribution in [0, 0.1) is 17.2 Å². The van der Waals surface area contributed by atoms with Crippen molar-refractivity contribution in [1.29, 1.82) is 0 Å². The molecule has 29 heavy (non-hydrogen) atoms. The zero-order chi connectivity index (χ0) is 21.3. The third kappa shape index (κ3) is 4.37. The highest BCUT2D eigenvalue weighted by atomic mass is 35.5. The minimum atomic E-state index is -0.702. The Kier molecular flexibility index (Phi) is 5.85. The van der Waals surface area contributed by atoms with Gasteiger partial charge in [-0.15, -0.1) is 0 Å². The molecule has 5 nitrogen and oxygen atoms in total. The van der Waals surface area contributed by atoms with E-state index in [0.29, 0.717) is 23.7 Å². The molecule has 0 fully saturated rings. The van der Waals surface area contributed by atoms with Crippen molar-refractivity contribution in [3.63, 3.8) is 0 Å². The van der Waals surface area contributed by atoms with Crippen LogP contribution >= 0.6 is 11.6 Å². The van der Waals surface area contributed by atoms with Crippen molar-refractivity contribution in [1.82, 2.24) is 0 Å². The lowest BCUT2D eigenvalue weighted by atomic mass is 9.92. The Morgan fingerprint density at radius 1 is 1.31 bits per heavy atom. The van der Waals surface area contributed by atoms with E-state index in [1.165, 1.54) is 18.2 Å². The van der Waals surface area contributed by atoms with Crippen LogP contribution in [0.5, 0.6) is 5.75 Å². The molecule has 0 saturated heterocycles. The monoisotopic (exact) mass is 418 g/mol. The van der Waals surface area contributed by atoms with Crippen LogP contribution in [0.1, 0.15) is 38.1 Å². The Hall–Kier alpha value is -2.60. The van der Waals surface area contributed by atoms with Gasteiger partial charge >= 0.3 is 0 Å². The fourth-order valence-electron chi connectivity index (χ4n) is 3.18. The van der Waals surface area contributed by atoms with Gasteiger partial charge in [-0.1, -0.05) is 31.5 Å². The molecule has 3 rings (SSSR count).